The molecule has 1 aliphatic heterocycles. The van der Waals surface area contributed by atoms with Crippen molar-refractivity contribution in [2.75, 3.05) is 6.54 Å². The summed E-state index contributed by atoms with van der Waals surface area (Å²) in [5.41, 5.74) is 2.25. The molecule has 0 atom stereocenters. The molecule has 19 heavy (non-hydrogen) atoms. The topological polar surface area (TPSA) is 40.5 Å². The number of rotatable bonds is 1. The van der Waals surface area contributed by atoms with Crippen molar-refractivity contribution < 1.29 is 9.90 Å². The Morgan fingerprint density at radius 2 is 2.11 bits per heavy atom. The zero-order chi connectivity index (χ0) is 13.4. The number of halogens is 1. The normalized spacial score (nSPS) is 14.3. The van der Waals surface area contributed by atoms with E-state index in [4.69, 9.17) is 0 Å². The van der Waals surface area contributed by atoms with Crippen molar-refractivity contribution in [3.05, 3.63) is 50.1 Å². The van der Waals surface area contributed by atoms with Crippen LogP contribution in [0.15, 0.2) is 34.1 Å². The van der Waals surface area contributed by atoms with Gasteiger partial charge < -0.3 is 10.0 Å². The van der Waals surface area contributed by atoms with Crippen LogP contribution in [0.5, 0.6) is 5.75 Å². The summed E-state index contributed by atoms with van der Waals surface area (Å²) in [6.07, 6.45) is 0.841. The van der Waals surface area contributed by atoms with Crippen molar-refractivity contribution in [2.24, 2.45) is 0 Å². The summed E-state index contributed by atoms with van der Waals surface area (Å²) in [7, 11) is 0. The fourth-order valence-electron chi connectivity index (χ4n) is 2.30. The minimum Gasteiger partial charge on any atom is -0.508 e. The monoisotopic (exact) mass is 337 g/mol. The number of phenols is 1. The van der Waals surface area contributed by atoms with Gasteiger partial charge in [0.15, 0.2) is 0 Å². The number of hydrogen-bond donors (Lipinski definition) is 1. The Kier molecular flexibility index (Phi) is 3.33. The lowest BCUT2D eigenvalue weighted by Crippen LogP contribution is -2.35. The van der Waals surface area contributed by atoms with Crippen LogP contribution in [0.2, 0.25) is 0 Å². The van der Waals surface area contributed by atoms with Gasteiger partial charge in [0.1, 0.15) is 5.75 Å². The Morgan fingerprint density at radius 1 is 1.26 bits per heavy atom. The second-order valence-corrected chi connectivity index (χ2v) is 7.00. The molecule has 1 aromatic heterocycles. The van der Waals surface area contributed by atoms with Gasteiger partial charge in [-0.25, -0.2) is 0 Å². The molecule has 1 aromatic carbocycles. The van der Waals surface area contributed by atoms with E-state index in [2.05, 4.69) is 15.9 Å². The molecule has 0 saturated heterocycles. The lowest BCUT2D eigenvalue weighted by Gasteiger charge is -2.28. The van der Waals surface area contributed by atoms with Gasteiger partial charge in [-0.05, 0) is 57.7 Å². The van der Waals surface area contributed by atoms with Crippen LogP contribution in [-0.4, -0.2) is 22.5 Å². The van der Waals surface area contributed by atoms with Gasteiger partial charge in [-0.15, -0.1) is 11.3 Å². The molecule has 0 fully saturated rings. The van der Waals surface area contributed by atoms with E-state index in [1.54, 1.807) is 12.1 Å². The first-order valence-electron chi connectivity index (χ1n) is 5.99. The second-order valence-electron chi connectivity index (χ2n) is 4.53. The Labute approximate surface area is 123 Å². The molecule has 0 radical (unpaired) electrons. The number of carbonyl (C=O) groups excluding carboxylic acids is 1. The third kappa shape index (κ3) is 2.53. The number of fused-ring (bicyclic) bond motifs is 1. The van der Waals surface area contributed by atoms with E-state index < -0.39 is 0 Å². The Bertz CT molecular complexity index is 638. The maximum absolute atomic E-state index is 12.4. The summed E-state index contributed by atoms with van der Waals surface area (Å²) in [5.74, 6) is 0.316. The standard InChI is InChI=1S/C14H12BrNO2S/c15-13-4-3-12(19-13)14(18)16-6-5-9-1-2-11(17)7-10(9)8-16/h1-4,7,17H,5-6,8H2. The van der Waals surface area contributed by atoms with E-state index in [-0.39, 0.29) is 11.7 Å². The van der Waals surface area contributed by atoms with Crippen molar-refractivity contribution in [3.63, 3.8) is 0 Å². The van der Waals surface area contributed by atoms with Gasteiger partial charge in [0.2, 0.25) is 0 Å². The smallest absolute Gasteiger partial charge is 0.264 e. The fraction of sp³-hybridized carbons (Fsp3) is 0.214. The molecule has 1 amide bonds. The largest absolute Gasteiger partial charge is 0.508 e. The molecule has 0 bridgehead atoms. The summed E-state index contributed by atoms with van der Waals surface area (Å²) in [5, 5.41) is 9.53. The predicted octanol–water partition coefficient (Wildman–Crippen LogP) is 3.41. The molecular formula is C14H12BrNO2S. The third-order valence-electron chi connectivity index (χ3n) is 3.27. The zero-order valence-electron chi connectivity index (χ0n) is 10.1. The van der Waals surface area contributed by atoms with Crippen LogP contribution in [0.4, 0.5) is 0 Å². The molecule has 2 aromatic rings. The number of amides is 1. The highest BCUT2D eigenvalue weighted by molar-refractivity contribution is 9.11. The van der Waals surface area contributed by atoms with E-state index >= 15 is 0 Å². The van der Waals surface area contributed by atoms with E-state index in [0.717, 1.165) is 27.2 Å². The lowest BCUT2D eigenvalue weighted by molar-refractivity contribution is 0.0739. The number of nitrogens with zero attached hydrogens (tertiary/aromatic N) is 1. The van der Waals surface area contributed by atoms with E-state index in [1.807, 2.05) is 23.1 Å². The fourth-order valence-corrected chi connectivity index (χ4v) is 3.66. The highest BCUT2D eigenvalue weighted by Gasteiger charge is 2.22. The first-order valence-corrected chi connectivity index (χ1v) is 7.60. The Hall–Kier alpha value is -1.33. The summed E-state index contributed by atoms with van der Waals surface area (Å²) in [6, 6.07) is 9.12. The zero-order valence-corrected chi connectivity index (χ0v) is 12.5. The summed E-state index contributed by atoms with van der Waals surface area (Å²) >= 11 is 4.82. The van der Waals surface area contributed by atoms with Crippen LogP contribution in [-0.2, 0) is 13.0 Å². The first-order chi connectivity index (χ1) is 9.13. The SMILES string of the molecule is O=C(c1ccc(Br)s1)N1CCc2ccc(O)cc2C1. The summed E-state index contributed by atoms with van der Waals surface area (Å²) in [6.45, 7) is 1.30. The maximum Gasteiger partial charge on any atom is 0.264 e. The molecule has 2 heterocycles. The molecule has 5 heteroatoms. The molecular weight excluding hydrogens is 326 g/mol. The molecule has 0 spiro atoms. The van der Waals surface area contributed by atoms with Crippen LogP contribution in [0, 0.1) is 0 Å². The van der Waals surface area contributed by atoms with E-state index in [9.17, 15) is 9.90 Å². The average molecular weight is 338 g/mol. The van der Waals surface area contributed by atoms with Gasteiger partial charge in [-0.3, -0.25) is 4.79 Å². The van der Waals surface area contributed by atoms with Crippen LogP contribution in [0.25, 0.3) is 0 Å². The minimum absolute atomic E-state index is 0.0599. The predicted molar refractivity (Wildman–Crippen MR) is 78.6 cm³/mol. The van der Waals surface area contributed by atoms with Crippen LogP contribution in [0.1, 0.15) is 20.8 Å². The lowest BCUT2D eigenvalue weighted by atomic mass is 9.99. The van der Waals surface area contributed by atoms with E-state index in [1.165, 1.54) is 16.9 Å². The highest BCUT2D eigenvalue weighted by Crippen LogP contribution is 2.27. The highest BCUT2D eigenvalue weighted by atomic mass is 79.9. The molecule has 3 nitrogen and oxygen atoms in total. The molecule has 0 aliphatic carbocycles. The molecule has 98 valence electrons. The van der Waals surface area contributed by atoms with E-state index in [0.29, 0.717) is 6.54 Å². The molecule has 1 N–H and O–H groups in total. The Balaban J connectivity index is 1.83. The third-order valence-corrected chi connectivity index (χ3v) is 4.88. The van der Waals surface area contributed by atoms with Gasteiger partial charge in [0.05, 0.1) is 8.66 Å². The molecule has 3 rings (SSSR count). The van der Waals surface area contributed by atoms with Crippen molar-refractivity contribution in [1.29, 1.82) is 0 Å². The van der Waals surface area contributed by atoms with Crippen molar-refractivity contribution in [3.8, 4) is 5.75 Å². The van der Waals surface area contributed by atoms with Gasteiger partial charge in [0, 0.05) is 13.1 Å². The van der Waals surface area contributed by atoms with Crippen molar-refractivity contribution in [1.82, 2.24) is 4.90 Å². The first kappa shape index (κ1) is 12.7. The maximum atomic E-state index is 12.4. The minimum atomic E-state index is 0.0599. The average Bonchev–Trinajstić information content (AvgIpc) is 2.83. The van der Waals surface area contributed by atoms with Gasteiger partial charge in [-0.1, -0.05) is 6.07 Å². The van der Waals surface area contributed by atoms with Gasteiger partial charge >= 0.3 is 0 Å². The van der Waals surface area contributed by atoms with Crippen LogP contribution >= 0.6 is 27.3 Å². The summed E-state index contributed by atoms with van der Waals surface area (Å²) < 4.78 is 0.964. The molecule has 0 saturated carbocycles. The van der Waals surface area contributed by atoms with Crippen LogP contribution in [0.3, 0.4) is 0 Å². The number of aromatic hydroxyl groups is 1. The summed E-state index contributed by atoms with van der Waals surface area (Å²) in [4.78, 5) is 14.9. The number of phenolic OH excluding ortho intramolecular Hbond substituents is 1. The Morgan fingerprint density at radius 3 is 2.84 bits per heavy atom. The number of carbonyl (C=O) groups is 1. The van der Waals surface area contributed by atoms with Gasteiger partial charge in [0.25, 0.3) is 5.91 Å². The molecule has 1 aliphatic rings. The number of hydrogen-bond acceptors (Lipinski definition) is 3. The van der Waals surface area contributed by atoms with Gasteiger partial charge in [-0.2, -0.15) is 0 Å². The number of thiophene rings is 1. The molecule has 0 unspecified atom stereocenters. The second kappa shape index (κ2) is 4.98. The number of benzene rings is 1. The quantitative estimate of drug-likeness (QED) is 0.866. The van der Waals surface area contributed by atoms with Crippen molar-refractivity contribution >= 4 is 33.2 Å². The van der Waals surface area contributed by atoms with Crippen molar-refractivity contribution in [2.45, 2.75) is 13.0 Å². The van der Waals surface area contributed by atoms with Crippen LogP contribution < -0.4 is 0 Å².